The molecule has 0 N–H and O–H groups in total. The van der Waals surface area contributed by atoms with Crippen LogP contribution in [0.25, 0.3) is 0 Å². The maximum absolute atomic E-state index is 12.4. The lowest BCUT2D eigenvalue weighted by atomic mass is 10.2. The van der Waals surface area contributed by atoms with Gasteiger partial charge in [-0.3, -0.25) is 9.69 Å². The molecule has 1 amide bonds. The van der Waals surface area contributed by atoms with Crippen LogP contribution in [0, 0.1) is 0 Å². The first-order valence-corrected chi connectivity index (χ1v) is 9.53. The van der Waals surface area contributed by atoms with Gasteiger partial charge in [0.25, 0.3) is 0 Å². The van der Waals surface area contributed by atoms with Gasteiger partial charge in [-0.1, -0.05) is 36.4 Å². The number of rotatable bonds is 6. The molecule has 2 rings (SSSR count). The van der Waals surface area contributed by atoms with Gasteiger partial charge in [0.15, 0.2) is 9.84 Å². The number of carbonyl (C=O) groups excluding carboxylic acids is 1. The van der Waals surface area contributed by atoms with Gasteiger partial charge in [0, 0.05) is 32.7 Å². The van der Waals surface area contributed by atoms with E-state index in [1.54, 1.807) is 4.90 Å². The third-order valence-corrected chi connectivity index (χ3v) is 6.15. The van der Waals surface area contributed by atoms with E-state index in [1.807, 2.05) is 18.2 Å². The third-order valence-electron chi connectivity index (χ3n) is 4.17. The molecule has 1 heterocycles. The number of hydrogen-bond donors (Lipinski definition) is 0. The lowest BCUT2D eigenvalue weighted by molar-refractivity contribution is -0.132. The highest BCUT2D eigenvalue weighted by molar-refractivity contribution is 7.92. The van der Waals surface area contributed by atoms with Crippen LogP contribution in [0.15, 0.2) is 43.0 Å². The summed E-state index contributed by atoms with van der Waals surface area (Å²) in [5, 5.41) is -0.999. The summed E-state index contributed by atoms with van der Waals surface area (Å²) >= 11 is 0. The van der Waals surface area contributed by atoms with Crippen molar-refractivity contribution in [1.82, 2.24) is 9.80 Å². The second-order valence-electron chi connectivity index (χ2n) is 5.85. The summed E-state index contributed by atoms with van der Waals surface area (Å²) < 4.78 is 24.0. The molecule has 6 heteroatoms. The first-order valence-electron chi connectivity index (χ1n) is 7.81. The molecule has 0 aliphatic carbocycles. The topological polar surface area (TPSA) is 57.7 Å². The fourth-order valence-electron chi connectivity index (χ4n) is 2.69. The number of hydrogen-bond acceptors (Lipinski definition) is 4. The van der Waals surface area contributed by atoms with E-state index in [4.69, 9.17) is 0 Å². The number of piperazine rings is 1. The van der Waals surface area contributed by atoms with Gasteiger partial charge in [0.2, 0.25) is 5.91 Å². The molecule has 1 aromatic carbocycles. The van der Waals surface area contributed by atoms with Crippen molar-refractivity contribution in [3.05, 3.63) is 48.6 Å². The Morgan fingerprint density at radius 1 is 1.22 bits per heavy atom. The first kappa shape index (κ1) is 17.7. The van der Waals surface area contributed by atoms with Crippen LogP contribution >= 0.6 is 0 Å². The van der Waals surface area contributed by atoms with E-state index in [0.29, 0.717) is 13.1 Å². The first-order chi connectivity index (χ1) is 10.9. The predicted molar refractivity (Wildman–Crippen MR) is 91.7 cm³/mol. The van der Waals surface area contributed by atoms with Gasteiger partial charge in [0.05, 0.1) is 5.75 Å². The van der Waals surface area contributed by atoms with Crippen LogP contribution in [0.3, 0.4) is 0 Å². The van der Waals surface area contributed by atoms with Crippen molar-refractivity contribution in [3.63, 3.8) is 0 Å². The van der Waals surface area contributed by atoms with Crippen molar-refractivity contribution < 1.29 is 13.2 Å². The fraction of sp³-hybridized carbons (Fsp3) is 0.471. The van der Waals surface area contributed by atoms with Crippen LogP contribution in [0.4, 0.5) is 0 Å². The number of carbonyl (C=O) groups is 1. The third kappa shape index (κ3) is 4.65. The molecule has 1 saturated heterocycles. The van der Waals surface area contributed by atoms with E-state index < -0.39 is 15.1 Å². The Labute approximate surface area is 138 Å². The van der Waals surface area contributed by atoms with Crippen LogP contribution in [-0.2, 0) is 21.2 Å². The highest BCUT2D eigenvalue weighted by atomic mass is 32.2. The molecule has 1 atom stereocenters. The Bertz CT molecular complexity index is 635. The van der Waals surface area contributed by atoms with Crippen molar-refractivity contribution in [2.24, 2.45) is 0 Å². The Balaban J connectivity index is 1.88. The van der Waals surface area contributed by atoms with Gasteiger partial charge in [0.1, 0.15) is 5.25 Å². The standard InChI is InChI=1S/C17H24N2O3S/c1-3-13-23(21,22)15(2)17(20)19-11-9-18(10-12-19)14-16-7-5-4-6-8-16/h3-8,15H,1,9-14H2,2H3. The summed E-state index contributed by atoms with van der Waals surface area (Å²) in [5.74, 6) is -0.459. The lowest BCUT2D eigenvalue weighted by Gasteiger charge is -2.35. The van der Waals surface area contributed by atoms with E-state index >= 15 is 0 Å². The SMILES string of the molecule is C=CCS(=O)(=O)C(C)C(=O)N1CCN(Cc2ccccc2)CC1. The van der Waals surface area contributed by atoms with E-state index in [0.717, 1.165) is 19.6 Å². The Morgan fingerprint density at radius 2 is 1.83 bits per heavy atom. The summed E-state index contributed by atoms with van der Waals surface area (Å²) in [6, 6.07) is 10.2. The molecule has 0 spiro atoms. The van der Waals surface area contributed by atoms with Crippen LogP contribution in [0.5, 0.6) is 0 Å². The second kappa shape index (κ2) is 7.75. The minimum atomic E-state index is -3.44. The highest BCUT2D eigenvalue weighted by Gasteiger charge is 2.32. The van der Waals surface area contributed by atoms with Crippen molar-refractivity contribution in [1.29, 1.82) is 0 Å². The molecule has 1 fully saturated rings. The monoisotopic (exact) mass is 336 g/mol. The largest absolute Gasteiger partial charge is 0.339 e. The van der Waals surface area contributed by atoms with Crippen LogP contribution in [0.1, 0.15) is 12.5 Å². The van der Waals surface area contributed by atoms with Crippen molar-refractivity contribution >= 4 is 15.7 Å². The lowest BCUT2D eigenvalue weighted by Crippen LogP contribution is -2.52. The second-order valence-corrected chi connectivity index (χ2v) is 8.21. The summed E-state index contributed by atoms with van der Waals surface area (Å²) in [7, 11) is -3.44. The molecule has 1 aliphatic rings. The molecular weight excluding hydrogens is 312 g/mol. The average Bonchev–Trinajstić information content (AvgIpc) is 2.55. The van der Waals surface area contributed by atoms with Gasteiger partial charge >= 0.3 is 0 Å². The number of benzene rings is 1. The number of sulfone groups is 1. The normalized spacial score (nSPS) is 17.7. The van der Waals surface area contributed by atoms with Gasteiger partial charge in [-0.25, -0.2) is 8.42 Å². The zero-order valence-corrected chi connectivity index (χ0v) is 14.3. The van der Waals surface area contributed by atoms with Gasteiger partial charge in [-0.2, -0.15) is 0 Å². The molecule has 23 heavy (non-hydrogen) atoms. The minimum absolute atomic E-state index is 0.159. The highest BCUT2D eigenvalue weighted by Crippen LogP contribution is 2.12. The van der Waals surface area contributed by atoms with E-state index in [1.165, 1.54) is 18.6 Å². The molecule has 0 aromatic heterocycles. The Hall–Kier alpha value is -1.66. The van der Waals surface area contributed by atoms with Crippen LogP contribution in [-0.4, -0.2) is 61.3 Å². The molecular formula is C17H24N2O3S. The molecule has 0 saturated carbocycles. The maximum atomic E-state index is 12.4. The molecule has 5 nitrogen and oxygen atoms in total. The quantitative estimate of drug-likeness (QED) is 0.735. The zero-order valence-electron chi connectivity index (χ0n) is 13.5. The van der Waals surface area contributed by atoms with Gasteiger partial charge < -0.3 is 4.90 Å². The number of amides is 1. The van der Waals surface area contributed by atoms with Crippen LogP contribution < -0.4 is 0 Å². The average molecular weight is 336 g/mol. The summed E-state index contributed by atoms with van der Waals surface area (Å²) in [6.07, 6.45) is 1.33. The predicted octanol–water partition coefficient (Wildman–Crippen LogP) is 1.32. The van der Waals surface area contributed by atoms with Crippen molar-refractivity contribution in [2.45, 2.75) is 18.7 Å². The molecule has 1 aromatic rings. The summed E-state index contributed by atoms with van der Waals surface area (Å²) in [6.45, 7) is 8.42. The molecule has 0 radical (unpaired) electrons. The minimum Gasteiger partial charge on any atom is -0.339 e. The molecule has 1 aliphatic heterocycles. The fourth-order valence-corrected chi connectivity index (χ4v) is 3.76. The smallest absolute Gasteiger partial charge is 0.240 e. The van der Waals surface area contributed by atoms with Crippen molar-refractivity contribution in [2.75, 3.05) is 31.9 Å². The van der Waals surface area contributed by atoms with E-state index in [-0.39, 0.29) is 11.7 Å². The Kier molecular flexibility index (Phi) is 5.96. The van der Waals surface area contributed by atoms with E-state index in [2.05, 4.69) is 23.6 Å². The van der Waals surface area contributed by atoms with Gasteiger partial charge in [-0.05, 0) is 12.5 Å². The van der Waals surface area contributed by atoms with E-state index in [9.17, 15) is 13.2 Å². The maximum Gasteiger partial charge on any atom is 0.240 e. The van der Waals surface area contributed by atoms with Crippen LogP contribution in [0.2, 0.25) is 0 Å². The Morgan fingerprint density at radius 3 is 2.39 bits per heavy atom. The summed E-state index contributed by atoms with van der Waals surface area (Å²) in [4.78, 5) is 16.3. The summed E-state index contributed by atoms with van der Waals surface area (Å²) in [5.41, 5.74) is 1.24. The molecule has 0 bridgehead atoms. The zero-order chi connectivity index (χ0) is 16.9. The van der Waals surface area contributed by atoms with Crippen molar-refractivity contribution in [3.8, 4) is 0 Å². The van der Waals surface area contributed by atoms with Gasteiger partial charge in [-0.15, -0.1) is 6.58 Å². The molecule has 126 valence electrons. The number of nitrogens with zero attached hydrogens (tertiary/aromatic N) is 2. The molecule has 1 unspecified atom stereocenters.